The van der Waals surface area contributed by atoms with Gasteiger partial charge in [-0.15, -0.1) is 0 Å². The average Bonchev–Trinajstić information content (AvgIpc) is 2.40. The summed E-state index contributed by atoms with van der Waals surface area (Å²) in [6, 6.07) is 7.84. The van der Waals surface area contributed by atoms with E-state index in [9.17, 15) is 5.11 Å². The first-order valence-corrected chi connectivity index (χ1v) is 6.53. The zero-order valence-electron chi connectivity index (χ0n) is 10.4. The summed E-state index contributed by atoms with van der Waals surface area (Å²) in [6.07, 6.45) is 1.89. The Morgan fingerprint density at radius 2 is 1.94 bits per heavy atom. The summed E-state index contributed by atoms with van der Waals surface area (Å²) in [5, 5.41) is 12.6. The minimum Gasteiger partial charge on any atom is -0.494 e. The van der Waals surface area contributed by atoms with Gasteiger partial charge >= 0.3 is 0 Å². The second-order valence-electron chi connectivity index (χ2n) is 4.65. The van der Waals surface area contributed by atoms with Crippen LogP contribution < -0.4 is 10.1 Å². The fraction of sp³-hybridized carbons (Fsp3) is 0.571. The van der Waals surface area contributed by atoms with Crippen molar-refractivity contribution in [2.75, 3.05) is 19.7 Å². The van der Waals surface area contributed by atoms with Crippen LogP contribution in [0.25, 0.3) is 0 Å². The number of ether oxygens (including phenoxy) is 1. The Morgan fingerprint density at radius 3 is 2.53 bits per heavy atom. The Kier molecular flexibility index (Phi) is 4.40. The molecule has 94 valence electrons. The standard InChI is InChI=1S/C14H21NO2/c1-2-17-13-5-3-11(4-6-13)14(16)12-7-9-15-10-8-12/h3-6,12,14-16H,2,7-10H2,1H3/p+1/t14-/m0/s1. The van der Waals surface area contributed by atoms with Gasteiger partial charge in [-0.2, -0.15) is 0 Å². The molecule has 1 fully saturated rings. The van der Waals surface area contributed by atoms with Crippen LogP contribution in [-0.2, 0) is 0 Å². The van der Waals surface area contributed by atoms with Crippen molar-refractivity contribution in [2.24, 2.45) is 5.92 Å². The molecule has 1 saturated heterocycles. The molecule has 1 heterocycles. The van der Waals surface area contributed by atoms with Gasteiger partial charge in [0, 0.05) is 12.8 Å². The van der Waals surface area contributed by atoms with E-state index in [-0.39, 0.29) is 6.10 Å². The Hall–Kier alpha value is -1.06. The monoisotopic (exact) mass is 236 g/mol. The molecule has 0 radical (unpaired) electrons. The number of rotatable bonds is 4. The molecule has 1 atom stereocenters. The van der Waals surface area contributed by atoms with E-state index in [0.717, 1.165) is 37.2 Å². The smallest absolute Gasteiger partial charge is 0.119 e. The summed E-state index contributed by atoms with van der Waals surface area (Å²) < 4.78 is 5.40. The maximum absolute atomic E-state index is 10.3. The molecule has 0 saturated carbocycles. The first-order chi connectivity index (χ1) is 8.31. The van der Waals surface area contributed by atoms with E-state index < -0.39 is 0 Å². The normalized spacial score (nSPS) is 18.9. The summed E-state index contributed by atoms with van der Waals surface area (Å²) in [7, 11) is 0. The van der Waals surface area contributed by atoms with Crippen LogP contribution in [0.4, 0.5) is 0 Å². The number of hydrogen-bond donors (Lipinski definition) is 2. The largest absolute Gasteiger partial charge is 0.494 e. The van der Waals surface area contributed by atoms with Crippen molar-refractivity contribution in [3.05, 3.63) is 29.8 Å². The molecular formula is C14H22NO2+. The van der Waals surface area contributed by atoms with Gasteiger partial charge in [0.05, 0.1) is 25.8 Å². The zero-order valence-corrected chi connectivity index (χ0v) is 10.4. The molecule has 0 amide bonds. The average molecular weight is 236 g/mol. The number of nitrogens with two attached hydrogens (primary N) is 1. The molecular weight excluding hydrogens is 214 g/mol. The predicted molar refractivity (Wildman–Crippen MR) is 67.0 cm³/mol. The van der Waals surface area contributed by atoms with Crippen LogP contribution in [0.3, 0.4) is 0 Å². The van der Waals surface area contributed by atoms with Gasteiger partial charge in [0.25, 0.3) is 0 Å². The van der Waals surface area contributed by atoms with Gasteiger partial charge < -0.3 is 15.2 Å². The quantitative estimate of drug-likeness (QED) is 0.822. The van der Waals surface area contributed by atoms with Crippen molar-refractivity contribution in [2.45, 2.75) is 25.9 Å². The fourth-order valence-corrected chi connectivity index (χ4v) is 2.47. The second-order valence-corrected chi connectivity index (χ2v) is 4.65. The van der Waals surface area contributed by atoms with Gasteiger partial charge in [0.2, 0.25) is 0 Å². The number of aliphatic hydroxyl groups is 1. The summed E-state index contributed by atoms with van der Waals surface area (Å²) in [5.41, 5.74) is 1.01. The summed E-state index contributed by atoms with van der Waals surface area (Å²) in [5.74, 6) is 1.29. The molecule has 1 aromatic rings. The Balaban J connectivity index is 2.00. The fourth-order valence-electron chi connectivity index (χ4n) is 2.47. The topological polar surface area (TPSA) is 46.1 Å². The van der Waals surface area contributed by atoms with Crippen molar-refractivity contribution in [3.8, 4) is 5.75 Å². The Labute approximate surface area is 103 Å². The minimum atomic E-state index is -0.320. The molecule has 0 unspecified atom stereocenters. The van der Waals surface area contributed by atoms with Crippen LogP contribution in [0.15, 0.2) is 24.3 Å². The van der Waals surface area contributed by atoms with E-state index in [1.165, 1.54) is 0 Å². The SMILES string of the molecule is CCOc1ccc([C@H](O)C2CC[NH2+]CC2)cc1. The van der Waals surface area contributed by atoms with Crippen LogP contribution in [-0.4, -0.2) is 24.8 Å². The second kappa shape index (κ2) is 6.03. The van der Waals surface area contributed by atoms with E-state index in [4.69, 9.17) is 4.74 Å². The number of hydrogen-bond acceptors (Lipinski definition) is 2. The zero-order chi connectivity index (χ0) is 12.1. The van der Waals surface area contributed by atoms with Crippen molar-refractivity contribution >= 4 is 0 Å². The molecule has 2 rings (SSSR count). The maximum atomic E-state index is 10.3. The molecule has 3 N–H and O–H groups in total. The van der Waals surface area contributed by atoms with Gasteiger partial charge in [0.15, 0.2) is 0 Å². The molecule has 17 heavy (non-hydrogen) atoms. The predicted octanol–water partition coefficient (Wildman–Crippen LogP) is 1.09. The summed E-state index contributed by atoms with van der Waals surface area (Å²) >= 11 is 0. The van der Waals surface area contributed by atoms with Gasteiger partial charge in [-0.05, 0) is 30.5 Å². The third-order valence-corrected chi connectivity index (χ3v) is 3.46. The van der Waals surface area contributed by atoms with Gasteiger partial charge in [-0.3, -0.25) is 0 Å². The van der Waals surface area contributed by atoms with Crippen LogP contribution in [0.1, 0.15) is 31.4 Å². The van der Waals surface area contributed by atoms with Crippen molar-refractivity contribution < 1.29 is 15.2 Å². The Bertz CT molecular complexity index is 331. The molecule has 0 bridgehead atoms. The lowest BCUT2D eigenvalue weighted by molar-refractivity contribution is -0.665. The number of piperidine rings is 1. The third-order valence-electron chi connectivity index (χ3n) is 3.46. The molecule has 1 aliphatic heterocycles. The summed E-state index contributed by atoms with van der Waals surface area (Å²) in [6.45, 7) is 4.93. The van der Waals surface area contributed by atoms with Crippen molar-refractivity contribution in [1.82, 2.24) is 0 Å². The molecule has 3 heteroatoms. The van der Waals surface area contributed by atoms with Crippen LogP contribution in [0.2, 0.25) is 0 Å². The number of aliphatic hydroxyl groups excluding tert-OH is 1. The lowest BCUT2D eigenvalue weighted by atomic mass is 9.88. The molecule has 3 nitrogen and oxygen atoms in total. The molecule has 1 aliphatic rings. The van der Waals surface area contributed by atoms with Crippen LogP contribution in [0.5, 0.6) is 5.75 Å². The highest BCUT2D eigenvalue weighted by molar-refractivity contribution is 5.28. The van der Waals surface area contributed by atoms with E-state index in [1.54, 1.807) is 0 Å². The highest BCUT2D eigenvalue weighted by atomic mass is 16.5. The van der Waals surface area contributed by atoms with E-state index >= 15 is 0 Å². The van der Waals surface area contributed by atoms with Crippen molar-refractivity contribution in [3.63, 3.8) is 0 Å². The van der Waals surface area contributed by atoms with E-state index in [2.05, 4.69) is 5.32 Å². The lowest BCUT2D eigenvalue weighted by Crippen LogP contribution is -2.86. The Morgan fingerprint density at radius 1 is 1.29 bits per heavy atom. The minimum absolute atomic E-state index is 0.320. The first kappa shape index (κ1) is 12.4. The van der Waals surface area contributed by atoms with Crippen LogP contribution >= 0.6 is 0 Å². The first-order valence-electron chi connectivity index (χ1n) is 6.53. The van der Waals surface area contributed by atoms with E-state index in [0.29, 0.717) is 12.5 Å². The summed E-state index contributed by atoms with van der Waals surface area (Å²) in [4.78, 5) is 0. The molecule has 0 spiro atoms. The van der Waals surface area contributed by atoms with Gasteiger partial charge in [0.1, 0.15) is 5.75 Å². The molecule has 0 aliphatic carbocycles. The number of quaternary nitrogens is 1. The molecule has 1 aromatic carbocycles. The number of benzene rings is 1. The van der Waals surface area contributed by atoms with Gasteiger partial charge in [-0.25, -0.2) is 0 Å². The highest BCUT2D eigenvalue weighted by Gasteiger charge is 2.24. The molecule has 0 aromatic heterocycles. The van der Waals surface area contributed by atoms with Gasteiger partial charge in [-0.1, -0.05) is 12.1 Å². The highest BCUT2D eigenvalue weighted by Crippen LogP contribution is 2.28. The third kappa shape index (κ3) is 3.20. The maximum Gasteiger partial charge on any atom is 0.119 e. The van der Waals surface area contributed by atoms with Crippen LogP contribution in [0, 0.1) is 5.92 Å². The van der Waals surface area contributed by atoms with E-state index in [1.807, 2.05) is 31.2 Å². The lowest BCUT2D eigenvalue weighted by Gasteiger charge is -2.25. The van der Waals surface area contributed by atoms with Crippen molar-refractivity contribution in [1.29, 1.82) is 0 Å².